The van der Waals surface area contributed by atoms with Crippen molar-refractivity contribution in [1.82, 2.24) is 14.8 Å². The fourth-order valence-corrected chi connectivity index (χ4v) is 4.00. The van der Waals surface area contributed by atoms with Crippen LogP contribution in [0.2, 0.25) is 0 Å². The number of nitrogens with zero attached hydrogens (tertiary/aromatic N) is 3. The van der Waals surface area contributed by atoms with Crippen LogP contribution >= 0.6 is 0 Å². The van der Waals surface area contributed by atoms with E-state index >= 15 is 0 Å². The third-order valence-corrected chi connectivity index (χ3v) is 5.39. The van der Waals surface area contributed by atoms with Gasteiger partial charge in [-0.15, -0.1) is 0 Å². The van der Waals surface area contributed by atoms with E-state index in [0.717, 1.165) is 25.7 Å². The molecule has 0 amide bonds. The zero-order valence-electron chi connectivity index (χ0n) is 15.1. The first-order valence-corrected chi connectivity index (χ1v) is 9.12. The summed E-state index contributed by atoms with van der Waals surface area (Å²) in [5.41, 5.74) is 0.816. The number of pyridine rings is 1. The third kappa shape index (κ3) is 2.91. The zero-order chi connectivity index (χ0) is 19.7. The molecule has 0 bridgehead atoms. The Morgan fingerprint density at radius 2 is 2.00 bits per heavy atom. The number of aromatic nitrogens is 3. The van der Waals surface area contributed by atoms with Crippen molar-refractivity contribution >= 4 is 28.4 Å². The Morgan fingerprint density at radius 3 is 2.64 bits per heavy atom. The van der Waals surface area contributed by atoms with Gasteiger partial charge in [-0.1, -0.05) is 12.8 Å². The topological polar surface area (TPSA) is 124 Å². The number of carboxylic acids is 1. The van der Waals surface area contributed by atoms with Gasteiger partial charge in [-0.05, 0) is 43.2 Å². The first kappa shape index (κ1) is 17.8. The second-order valence-electron chi connectivity index (χ2n) is 7.10. The molecule has 2 heterocycles. The molecule has 2 aromatic heterocycles. The quantitative estimate of drug-likeness (QED) is 0.626. The summed E-state index contributed by atoms with van der Waals surface area (Å²) in [4.78, 5) is 26.2. The van der Waals surface area contributed by atoms with Gasteiger partial charge in [-0.3, -0.25) is 9.48 Å². The molecule has 1 aliphatic rings. The summed E-state index contributed by atoms with van der Waals surface area (Å²) >= 11 is 0. The summed E-state index contributed by atoms with van der Waals surface area (Å²) in [5.74, 6) is -0.610. The van der Waals surface area contributed by atoms with Gasteiger partial charge in [0.25, 0.3) is 5.56 Å². The standard InChI is InChI=1S/C20H19N5O3/c21-11-10-20(8-1-2-9-20)25-15-7-12-22-18(26)16(15)17(24-25)23-14-5-3-13(4-6-14)19(27)28/h3-7,12H,1-2,8-10H2,(H,22,26)(H,23,24)(H,27,28). The molecule has 0 radical (unpaired) electrons. The van der Waals surface area contributed by atoms with Crippen LogP contribution in [0.3, 0.4) is 0 Å². The van der Waals surface area contributed by atoms with Crippen molar-refractivity contribution in [2.45, 2.75) is 37.6 Å². The number of nitriles is 1. The number of H-pyrrole nitrogens is 1. The third-order valence-electron chi connectivity index (χ3n) is 5.39. The Kier molecular flexibility index (Phi) is 4.35. The highest BCUT2D eigenvalue weighted by atomic mass is 16.4. The number of aromatic amines is 1. The first-order chi connectivity index (χ1) is 13.5. The van der Waals surface area contributed by atoms with Gasteiger partial charge in [0.15, 0.2) is 5.82 Å². The van der Waals surface area contributed by atoms with E-state index in [1.807, 2.05) is 4.68 Å². The largest absolute Gasteiger partial charge is 0.478 e. The normalized spacial score (nSPS) is 15.4. The van der Waals surface area contributed by atoms with Crippen LogP contribution in [0.15, 0.2) is 41.3 Å². The van der Waals surface area contributed by atoms with Crippen molar-refractivity contribution in [3.63, 3.8) is 0 Å². The zero-order valence-corrected chi connectivity index (χ0v) is 15.1. The predicted molar refractivity (Wildman–Crippen MR) is 104 cm³/mol. The number of benzene rings is 1. The Balaban J connectivity index is 1.82. The molecular formula is C20H19N5O3. The number of carbonyl (C=O) groups is 1. The number of fused-ring (bicyclic) bond motifs is 1. The van der Waals surface area contributed by atoms with Gasteiger partial charge in [0.05, 0.1) is 29.1 Å². The summed E-state index contributed by atoms with van der Waals surface area (Å²) in [5, 5.41) is 26.7. The second kappa shape index (κ2) is 6.85. The molecule has 8 heteroatoms. The summed E-state index contributed by atoms with van der Waals surface area (Å²) < 4.78 is 1.84. The highest BCUT2D eigenvalue weighted by molar-refractivity contribution is 5.92. The molecule has 1 aromatic carbocycles. The number of nitrogens with one attached hydrogen (secondary N) is 2. The molecule has 142 valence electrons. The number of hydrogen-bond donors (Lipinski definition) is 3. The van der Waals surface area contributed by atoms with E-state index in [0.29, 0.717) is 28.8 Å². The number of hydrogen-bond acceptors (Lipinski definition) is 5. The molecule has 0 saturated heterocycles. The first-order valence-electron chi connectivity index (χ1n) is 9.12. The van der Waals surface area contributed by atoms with Crippen molar-refractivity contribution in [2.24, 2.45) is 0 Å². The van der Waals surface area contributed by atoms with E-state index in [2.05, 4.69) is 16.4 Å². The van der Waals surface area contributed by atoms with Crippen molar-refractivity contribution in [3.8, 4) is 6.07 Å². The maximum absolute atomic E-state index is 12.5. The van der Waals surface area contributed by atoms with E-state index in [9.17, 15) is 14.9 Å². The van der Waals surface area contributed by atoms with Gasteiger partial charge in [0.1, 0.15) is 5.39 Å². The van der Waals surface area contributed by atoms with Crippen molar-refractivity contribution in [2.75, 3.05) is 5.32 Å². The monoisotopic (exact) mass is 377 g/mol. The Morgan fingerprint density at radius 1 is 1.29 bits per heavy atom. The molecule has 3 aromatic rings. The van der Waals surface area contributed by atoms with Crippen LogP contribution in [-0.2, 0) is 5.54 Å². The highest BCUT2D eigenvalue weighted by Crippen LogP contribution is 2.41. The van der Waals surface area contributed by atoms with Crippen LogP contribution in [-0.4, -0.2) is 25.8 Å². The molecule has 28 heavy (non-hydrogen) atoms. The van der Waals surface area contributed by atoms with Gasteiger partial charge < -0.3 is 15.4 Å². The van der Waals surface area contributed by atoms with Crippen LogP contribution in [0.1, 0.15) is 42.5 Å². The van der Waals surface area contributed by atoms with Gasteiger partial charge in [0.2, 0.25) is 0 Å². The number of rotatable bonds is 5. The van der Waals surface area contributed by atoms with Crippen LogP contribution in [0.5, 0.6) is 0 Å². The van der Waals surface area contributed by atoms with Gasteiger partial charge in [-0.25, -0.2) is 4.79 Å². The summed E-state index contributed by atoms with van der Waals surface area (Å²) in [6.45, 7) is 0. The van der Waals surface area contributed by atoms with E-state index in [4.69, 9.17) is 10.2 Å². The molecule has 4 rings (SSSR count). The molecule has 1 saturated carbocycles. The van der Waals surface area contributed by atoms with E-state index in [1.165, 1.54) is 12.1 Å². The molecule has 0 spiro atoms. The minimum Gasteiger partial charge on any atom is -0.478 e. The highest BCUT2D eigenvalue weighted by Gasteiger charge is 2.38. The van der Waals surface area contributed by atoms with E-state index in [1.54, 1.807) is 24.4 Å². The molecule has 1 aliphatic carbocycles. The number of carboxylic acid groups (broad SMARTS) is 1. The van der Waals surface area contributed by atoms with Crippen LogP contribution in [0.25, 0.3) is 10.9 Å². The fraction of sp³-hybridized carbons (Fsp3) is 0.300. The lowest BCUT2D eigenvalue weighted by Crippen LogP contribution is -2.31. The minimum atomic E-state index is -1.00. The SMILES string of the molecule is N#CCC1(n2nc(Nc3ccc(C(=O)O)cc3)c3c(=O)[nH]ccc32)CCCC1. The smallest absolute Gasteiger partial charge is 0.335 e. The minimum absolute atomic E-state index is 0.178. The lowest BCUT2D eigenvalue weighted by atomic mass is 9.94. The molecular weight excluding hydrogens is 358 g/mol. The van der Waals surface area contributed by atoms with Gasteiger partial charge >= 0.3 is 5.97 Å². The molecule has 0 atom stereocenters. The molecule has 0 unspecified atom stereocenters. The van der Waals surface area contributed by atoms with Gasteiger partial charge in [-0.2, -0.15) is 10.4 Å². The Bertz CT molecular complexity index is 1130. The number of aromatic carboxylic acids is 1. The summed E-state index contributed by atoms with van der Waals surface area (Å²) in [7, 11) is 0. The van der Waals surface area contributed by atoms with Crippen LogP contribution in [0.4, 0.5) is 11.5 Å². The maximum atomic E-state index is 12.5. The van der Waals surface area contributed by atoms with Crippen LogP contribution < -0.4 is 10.9 Å². The average Bonchev–Trinajstić information content (AvgIpc) is 3.29. The van der Waals surface area contributed by atoms with Crippen molar-refractivity contribution in [3.05, 3.63) is 52.4 Å². The maximum Gasteiger partial charge on any atom is 0.335 e. The van der Waals surface area contributed by atoms with E-state index < -0.39 is 11.5 Å². The summed E-state index contributed by atoms with van der Waals surface area (Å²) in [6.07, 6.45) is 5.65. The lowest BCUT2D eigenvalue weighted by molar-refractivity contribution is 0.0697. The molecule has 8 nitrogen and oxygen atoms in total. The number of anilines is 2. The fourth-order valence-electron chi connectivity index (χ4n) is 4.00. The van der Waals surface area contributed by atoms with Crippen LogP contribution in [0, 0.1) is 11.3 Å². The van der Waals surface area contributed by atoms with Gasteiger partial charge in [0, 0.05) is 11.9 Å². The molecule has 3 N–H and O–H groups in total. The Hall–Kier alpha value is -3.60. The van der Waals surface area contributed by atoms with Crippen molar-refractivity contribution < 1.29 is 9.90 Å². The van der Waals surface area contributed by atoms with Crippen molar-refractivity contribution in [1.29, 1.82) is 5.26 Å². The molecule has 0 aliphatic heterocycles. The average molecular weight is 377 g/mol. The summed E-state index contributed by atoms with van der Waals surface area (Å²) in [6, 6.07) is 10.3. The van der Waals surface area contributed by atoms with E-state index in [-0.39, 0.29) is 11.1 Å². The predicted octanol–water partition coefficient (Wildman–Crippen LogP) is 3.35. The molecule has 1 fully saturated rings. The lowest BCUT2D eigenvalue weighted by Gasteiger charge is -2.27. The second-order valence-corrected chi connectivity index (χ2v) is 7.10. The Labute approximate surface area is 160 Å².